The van der Waals surface area contributed by atoms with Crippen molar-refractivity contribution in [2.75, 3.05) is 65.4 Å². The zero-order chi connectivity index (χ0) is 17.6. The highest BCUT2D eigenvalue weighted by Crippen LogP contribution is 2.28. The standard InChI is InChI=1S/C19H31N5O/c1-20-19(21-15-16-7-6-10-22(16)2)24-13-11-23(12-14-24)17-8-4-5-9-18(17)25-3/h4-5,8-9,16H,6-7,10-15H2,1-3H3,(H,20,21). The van der Waals surface area contributed by atoms with Crippen LogP contribution in [0, 0.1) is 0 Å². The number of hydrogen-bond donors (Lipinski definition) is 1. The summed E-state index contributed by atoms with van der Waals surface area (Å²) in [5.41, 5.74) is 1.18. The van der Waals surface area contributed by atoms with Crippen molar-refractivity contribution >= 4 is 11.6 Å². The van der Waals surface area contributed by atoms with Gasteiger partial charge in [-0.25, -0.2) is 0 Å². The first-order valence-electron chi connectivity index (χ1n) is 9.26. The maximum atomic E-state index is 5.50. The van der Waals surface area contributed by atoms with Gasteiger partial charge in [-0.05, 0) is 38.6 Å². The lowest BCUT2D eigenvalue weighted by Gasteiger charge is -2.38. The fraction of sp³-hybridized carbons (Fsp3) is 0.632. The lowest BCUT2D eigenvalue weighted by molar-refractivity contribution is 0.303. The van der Waals surface area contributed by atoms with E-state index in [2.05, 4.69) is 44.2 Å². The smallest absolute Gasteiger partial charge is 0.193 e. The van der Waals surface area contributed by atoms with Gasteiger partial charge in [0.1, 0.15) is 5.75 Å². The number of ether oxygens (including phenoxy) is 1. The lowest BCUT2D eigenvalue weighted by atomic mass is 10.2. The first-order valence-corrected chi connectivity index (χ1v) is 9.26. The number of para-hydroxylation sites is 2. The number of piperazine rings is 1. The molecule has 0 spiro atoms. The van der Waals surface area contributed by atoms with Crippen molar-refractivity contribution in [3.05, 3.63) is 24.3 Å². The number of anilines is 1. The van der Waals surface area contributed by atoms with Crippen LogP contribution in [-0.4, -0.2) is 82.3 Å². The molecular weight excluding hydrogens is 314 g/mol. The molecule has 1 aromatic rings. The molecule has 1 N–H and O–H groups in total. The number of rotatable bonds is 4. The van der Waals surface area contributed by atoms with Crippen LogP contribution in [-0.2, 0) is 0 Å². The minimum absolute atomic E-state index is 0.631. The Labute approximate surface area is 151 Å². The molecule has 2 heterocycles. The van der Waals surface area contributed by atoms with E-state index >= 15 is 0 Å². The number of likely N-dealkylation sites (N-methyl/N-ethyl adjacent to an activating group) is 1. The summed E-state index contributed by atoms with van der Waals surface area (Å²) in [7, 11) is 5.84. The van der Waals surface area contributed by atoms with Crippen molar-refractivity contribution in [3.63, 3.8) is 0 Å². The maximum Gasteiger partial charge on any atom is 0.193 e. The number of methoxy groups -OCH3 is 1. The van der Waals surface area contributed by atoms with Gasteiger partial charge in [0.05, 0.1) is 12.8 Å². The summed E-state index contributed by atoms with van der Waals surface area (Å²) in [4.78, 5) is 11.7. The molecule has 3 rings (SSSR count). The predicted molar refractivity (Wildman–Crippen MR) is 104 cm³/mol. The van der Waals surface area contributed by atoms with Crippen LogP contribution in [0.15, 0.2) is 29.3 Å². The number of nitrogens with one attached hydrogen (secondary N) is 1. The van der Waals surface area contributed by atoms with Crippen molar-refractivity contribution < 1.29 is 4.74 Å². The molecule has 1 aromatic carbocycles. The number of guanidine groups is 1. The Morgan fingerprint density at radius 3 is 2.60 bits per heavy atom. The van der Waals surface area contributed by atoms with Crippen molar-refractivity contribution in [2.45, 2.75) is 18.9 Å². The van der Waals surface area contributed by atoms with Gasteiger partial charge in [-0.15, -0.1) is 0 Å². The van der Waals surface area contributed by atoms with E-state index < -0.39 is 0 Å². The molecule has 1 atom stereocenters. The Bertz CT molecular complexity index is 583. The zero-order valence-electron chi connectivity index (χ0n) is 15.7. The number of hydrogen-bond acceptors (Lipinski definition) is 4. The van der Waals surface area contributed by atoms with Crippen LogP contribution in [0.25, 0.3) is 0 Å². The van der Waals surface area contributed by atoms with E-state index in [0.29, 0.717) is 6.04 Å². The average Bonchev–Trinajstić information content (AvgIpc) is 3.07. The Kier molecular flexibility index (Phi) is 6.02. The minimum Gasteiger partial charge on any atom is -0.495 e. The molecule has 0 aromatic heterocycles. The fourth-order valence-electron chi connectivity index (χ4n) is 3.83. The number of nitrogens with zero attached hydrogens (tertiary/aromatic N) is 4. The lowest BCUT2D eigenvalue weighted by Crippen LogP contribution is -2.54. The molecule has 0 saturated carbocycles. The zero-order valence-corrected chi connectivity index (χ0v) is 15.7. The van der Waals surface area contributed by atoms with Crippen LogP contribution in [0.5, 0.6) is 5.75 Å². The van der Waals surface area contributed by atoms with Gasteiger partial charge >= 0.3 is 0 Å². The quantitative estimate of drug-likeness (QED) is 0.662. The normalized spacial score (nSPS) is 22.4. The number of aliphatic imine (C=N–C) groups is 1. The maximum absolute atomic E-state index is 5.50. The second-order valence-corrected chi connectivity index (χ2v) is 6.85. The molecule has 2 saturated heterocycles. The highest BCUT2D eigenvalue weighted by Gasteiger charge is 2.24. The minimum atomic E-state index is 0.631. The Balaban J connectivity index is 1.53. The predicted octanol–water partition coefficient (Wildman–Crippen LogP) is 1.49. The summed E-state index contributed by atoms with van der Waals surface area (Å²) in [5.74, 6) is 1.97. The largest absolute Gasteiger partial charge is 0.495 e. The van der Waals surface area contributed by atoms with Crippen molar-refractivity contribution in [1.29, 1.82) is 0 Å². The van der Waals surface area contributed by atoms with Crippen LogP contribution in [0.3, 0.4) is 0 Å². The highest BCUT2D eigenvalue weighted by atomic mass is 16.5. The van der Waals surface area contributed by atoms with Crippen LogP contribution in [0.1, 0.15) is 12.8 Å². The Morgan fingerprint density at radius 1 is 1.20 bits per heavy atom. The molecule has 2 aliphatic rings. The van der Waals surface area contributed by atoms with Gasteiger partial charge in [-0.2, -0.15) is 0 Å². The Hall–Kier alpha value is -1.95. The Morgan fingerprint density at radius 2 is 1.96 bits per heavy atom. The van der Waals surface area contributed by atoms with E-state index in [4.69, 9.17) is 4.74 Å². The summed E-state index contributed by atoms with van der Waals surface area (Å²) < 4.78 is 5.50. The van der Waals surface area contributed by atoms with E-state index in [9.17, 15) is 0 Å². The van der Waals surface area contributed by atoms with E-state index in [0.717, 1.165) is 44.4 Å². The number of likely N-dealkylation sites (tertiary alicyclic amines) is 1. The van der Waals surface area contributed by atoms with Gasteiger partial charge in [-0.3, -0.25) is 4.99 Å². The molecule has 6 heteroatoms. The average molecular weight is 345 g/mol. The monoisotopic (exact) mass is 345 g/mol. The van der Waals surface area contributed by atoms with E-state index in [1.54, 1.807) is 7.11 Å². The summed E-state index contributed by atoms with van der Waals surface area (Å²) >= 11 is 0. The molecular formula is C19H31N5O. The molecule has 0 amide bonds. The molecule has 6 nitrogen and oxygen atoms in total. The van der Waals surface area contributed by atoms with E-state index in [1.807, 2.05) is 19.2 Å². The van der Waals surface area contributed by atoms with Crippen LogP contribution in [0.4, 0.5) is 5.69 Å². The summed E-state index contributed by atoms with van der Waals surface area (Å²) in [6, 6.07) is 8.89. The van der Waals surface area contributed by atoms with Crippen molar-refractivity contribution in [2.24, 2.45) is 4.99 Å². The van der Waals surface area contributed by atoms with Gasteiger partial charge in [0, 0.05) is 45.8 Å². The van der Waals surface area contributed by atoms with E-state index in [-0.39, 0.29) is 0 Å². The summed E-state index contributed by atoms with van der Waals surface area (Å²) in [6.07, 6.45) is 2.58. The van der Waals surface area contributed by atoms with Gasteiger partial charge in [0.15, 0.2) is 5.96 Å². The van der Waals surface area contributed by atoms with Gasteiger partial charge in [0.2, 0.25) is 0 Å². The SMILES string of the molecule is CN=C(NCC1CCCN1C)N1CCN(c2ccccc2OC)CC1. The molecule has 0 radical (unpaired) electrons. The van der Waals surface area contributed by atoms with Crippen LogP contribution in [0.2, 0.25) is 0 Å². The second kappa shape index (κ2) is 8.43. The molecule has 25 heavy (non-hydrogen) atoms. The molecule has 1 unspecified atom stereocenters. The highest BCUT2D eigenvalue weighted by molar-refractivity contribution is 5.80. The van der Waals surface area contributed by atoms with Crippen molar-refractivity contribution in [1.82, 2.24) is 15.1 Å². The molecule has 138 valence electrons. The van der Waals surface area contributed by atoms with Gasteiger partial charge < -0.3 is 24.8 Å². The van der Waals surface area contributed by atoms with Crippen LogP contribution >= 0.6 is 0 Å². The third kappa shape index (κ3) is 4.18. The third-order valence-electron chi connectivity index (χ3n) is 5.38. The van der Waals surface area contributed by atoms with Crippen molar-refractivity contribution in [3.8, 4) is 5.75 Å². The molecule has 0 bridgehead atoms. The van der Waals surface area contributed by atoms with Gasteiger partial charge in [-0.1, -0.05) is 12.1 Å². The summed E-state index contributed by atoms with van der Waals surface area (Å²) in [5, 5.41) is 3.58. The summed E-state index contributed by atoms with van der Waals surface area (Å²) in [6.45, 7) is 6.09. The first kappa shape index (κ1) is 17.9. The van der Waals surface area contributed by atoms with Crippen LogP contribution < -0.4 is 15.0 Å². The fourth-order valence-corrected chi connectivity index (χ4v) is 3.83. The second-order valence-electron chi connectivity index (χ2n) is 6.85. The number of benzene rings is 1. The molecule has 0 aliphatic carbocycles. The first-order chi connectivity index (χ1) is 12.2. The van der Waals surface area contributed by atoms with E-state index in [1.165, 1.54) is 25.1 Å². The third-order valence-corrected chi connectivity index (χ3v) is 5.38. The molecule has 2 fully saturated rings. The molecule has 2 aliphatic heterocycles. The van der Waals surface area contributed by atoms with Gasteiger partial charge in [0.25, 0.3) is 0 Å². The topological polar surface area (TPSA) is 43.3 Å².